The SMILES string of the molecule is C[C@]12C=CC(=O)C=C1CC[C@@H]1[C@@H]2CC[C@]2(C)C(C(=O)COc3ccccc3)=CC[C@@H]12. The van der Waals surface area contributed by atoms with Crippen LogP contribution < -0.4 is 4.74 Å². The van der Waals surface area contributed by atoms with Gasteiger partial charge in [-0.15, -0.1) is 0 Å². The first-order chi connectivity index (χ1) is 14.4. The van der Waals surface area contributed by atoms with Crippen LogP contribution in [-0.4, -0.2) is 18.2 Å². The van der Waals surface area contributed by atoms with Crippen LogP contribution in [0.3, 0.4) is 0 Å². The van der Waals surface area contributed by atoms with Crippen molar-refractivity contribution in [2.75, 3.05) is 6.61 Å². The molecule has 1 aromatic rings. The van der Waals surface area contributed by atoms with Crippen molar-refractivity contribution < 1.29 is 14.3 Å². The first-order valence-electron chi connectivity index (χ1n) is 11.3. The lowest BCUT2D eigenvalue weighted by atomic mass is 9.47. The molecule has 4 aliphatic rings. The Hall–Kier alpha value is -2.42. The Morgan fingerprint density at radius 3 is 2.73 bits per heavy atom. The minimum Gasteiger partial charge on any atom is -0.485 e. The van der Waals surface area contributed by atoms with Gasteiger partial charge in [-0.1, -0.05) is 49.8 Å². The number of ether oxygens (including phenoxy) is 1. The zero-order chi connectivity index (χ0) is 20.9. The molecule has 2 fully saturated rings. The van der Waals surface area contributed by atoms with E-state index in [1.807, 2.05) is 36.4 Å². The molecule has 0 spiro atoms. The van der Waals surface area contributed by atoms with Crippen LogP contribution in [0.25, 0.3) is 0 Å². The highest BCUT2D eigenvalue weighted by Gasteiger charge is 2.57. The number of carbonyl (C=O) groups is 2. The van der Waals surface area contributed by atoms with Gasteiger partial charge in [-0.2, -0.15) is 0 Å². The number of Topliss-reactive ketones (excluding diaryl/α,β-unsaturated/α-hetero) is 1. The molecule has 0 amide bonds. The Bertz CT molecular complexity index is 969. The molecule has 2 saturated carbocycles. The molecule has 4 aliphatic carbocycles. The van der Waals surface area contributed by atoms with E-state index in [0.717, 1.165) is 43.4 Å². The van der Waals surface area contributed by atoms with E-state index in [9.17, 15) is 9.59 Å². The van der Waals surface area contributed by atoms with E-state index in [1.54, 1.807) is 6.08 Å². The summed E-state index contributed by atoms with van der Waals surface area (Å²) in [7, 11) is 0. The van der Waals surface area contributed by atoms with Gasteiger partial charge in [0, 0.05) is 11.0 Å². The summed E-state index contributed by atoms with van der Waals surface area (Å²) in [6.45, 7) is 4.74. The minimum absolute atomic E-state index is 0.00133. The van der Waals surface area contributed by atoms with Crippen LogP contribution in [0.2, 0.25) is 0 Å². The van der Waals surface area contributed by atoms with E-state index in [-0.39, 0.29) is 29.0 Å². The minimum atomic E-state index is -0.0515. The zero-order valence-corrected chi connectivity index (χ0v) is 17.9. The van der Waals surface area contributed by atoms with Crippen molar-refractivity contribution in [1.82, 2.24) is 0 Å². The van der Waals surface area contributed by atoms with Crippen molar-refractivity contribution in [3.63, 3.8) is 0 Å². The molecular weight excluding hydrogens is 372 g/mol. The predicted octanol–water partition coefficient (Wildman–Crippen LogP) is 5.48. The average molecular weight is 403 g/mol. The van der Waals surface area contributed by atoms with E-state index in [1.165, 1.54) is 5.57 Å². The maximum absolute atomic E-state index is 13.1. The second kappa shape index (κ2) is 7.08. The number of para-hydroxylation sites is 1. The van der Waals surface area contributed by atoms with Crippen LogP contribution in [-0.2, 0) is 9.59 Å². The molecule has 0 radical (unpaired) electrons. The second-order valence-electron chi connectivity index (χ2n) is 9.94. The highest BCUT2D eigenvalue weighted by atomic mass is 16.5. The standard InChI is InChI=1S/C27H30O3/c1-26-14-12-19(28)16-18(26)8-9-21-22-10-11-24(27(22,2)15-13-23(21)26)25(29)17-30-20-6-4-3-5-7-20/h3-7,11-12,14,16,21-23H,8-10,13,15,17H2,1-2H3/t21-,22-,23-,26-,27-/m0/s1. The molecule has 3 heteroatoms. The Morgan fingerprint density at radius 2 is 1.93 bits per heavy atom. The van der Waals surface area contributed by atoms with Crippen molar-refractivity contribution >= 4 is 11.6 Å². The predicted molar refractivity (Wildman–Crippen MR) is 117 cm³/mol. The Labute approximate surface area is 178 Å². The number of allylic oxidation sites excluding steroid dienone is 5. The maximum Gasteiger partial charge on any atom is 0.196 e. The van der Waals surface area contributed by atoms with Crippen LogP contribution >= 0.6 is 0 Å². The number of hydrogen-bond acceptors (Lipinski definition) is 3. The molecule has 0 aromatic heterocycles. The van der Waals surface area contributed by atoms with E-state index >= 15 is 0 Å². The van der Waals surface area contributed by atoms with Crippen LogP contribution in [0.5, 0.6) is 5.75 Å². The van der Waals surface area contributed by atoms with Crippen molar-refractivity contribution in [3.8, 4) is 5.75 Å². The first kappa shape index (κ1) is 19.5. The van der Waals surface area contributed by atoms with Crippen molar-refractivity contribution in [2.24, 2.45) is 28.6 Å². The molecule has 5 rings (SSSR count). The molecule has 0 bridgehead atoms. The summed E-state index contributed by atoms with van der Waals surface area (Å²) in [6, 6.07) is 9.57. The van der Waals surface area contributed by atoms with Gasteiger partial charge in [-0.3, -0.25) is 9.59 Å². The van der Waals surface area contributed by atoms with Gasteiger partial charge in [-0.25, -0.2) is 0 Å². The molecule has 1 aromatic carbocycles. The summed E-state index contributed by atoms with van der Waals surface area (Å²) in [5.41, 5.74) is 2.26. The summed E-state index contributed by atoms with van der Waals surface area (Å²) in [5.74, 6) is 2.68. The second-order valence-corrected chi connectivity index (χ2v) is 9.94. The highest BCUT2D eigenvalue weighted by Crippen LogP contribution is 2.64. The molecule has 5 atom stereocenters. The summed E-state index contributed by atoms with van der Waals surface area (Å²) in [4.78, 5) is 25.0. The lowest BCUT2D eigenvalue weighted by molar-refractivity contribution is -0.119. The summed E-state index contributed by atoms with van der Waals surface area (Å²) >= 11 is 0. The maximum atomic E-state index is 13.1. The Kier molecular flexibility index (Phi) is 4.61. The highest BCUT2D eigenvalue weighted by molar-refractivity contribution is 6.01. The molecular formula is C27H30O3. The van der Waals surface area contributed by atoms with Crippen LogP contribution in [0.1, 0.15) is 46.0 Å². The first-order valence-corrected chi connectivity index (χ1v) is 11.3. The van der Waals surface area contributed by atoms with E-state index in [2.05, 4.69) is 26.0 Å². The molecule has 156 valence electrons. The molecule has 0 heterocycles. The smallest absolute Gasteiger partial charge is 0.196 e. The fourth-order valence-electron chi connectivity index (χ4n) is 6.94. The van der Waals surface area contributed by atoms with E-state index < -0.39 is 0 Å². The topological polar surface area (TPSA) is 43.4 Å². The summed E-state index contributed by atoms with van der Waals surface area (Å²) < 4.78 is 5.77. The fourth-order valence-corrected chi connectivity index (χ4v) is 6.94. The summed E-state index contributed by atoms with van der Waals surface area (Å²) in [5, 5.41) is 0. The molecule has 0 saturated heterocycles. The lowest BCUT2D eigenvalue weighted by Crippen LogP contribution is -2.49. The Balaban J connectivity index is 1.34. The third kappa shape index (κ3) is 2.93. The third-order valence-corrected chi connectivity index (χ3v) is 8.55. The third-order valence-electron chi connectivity index (χ3n) is 8.55. The van der Waals surface area contributed by atoms with Gasteiger partial charge >= 0.3 is 0 Å². The van der Waals surface area contributed by atoms with Crippen molar-refractivity contribution in [3.05, 3.63) is 65.8 Å². The van der Waals surface area contributed by atoms with Crippen LogP contribution in [0.4, 0.5) is 0 Å². The van der Waals surface area contributed by atoms with Crippen molar-refractivity contribution in [2.45, 2.75) is 46.0 Å². The number of rotatable bonds is 4. The van der Waals surface area contributed by atoms with Gasteiger partial charge in [0.15, 0.2) is 18.2 Å². The molecule has 0 aliphatic heterocycles. The number of benzene rings is 1. The van der Waals surface area contributed by atoms with Gasteiger partial charge in [0.1, 0.15) is 5.75 Å². The van der Waals surface area contributed by atoms with E-state index in [0.29, 0.717) is 17.8 Å². The van der Waals surface area contributed by atoms with Gasteiger partial charge in [0.25, 0.3) is 0 Å². The van der Waals surface area contributed by atoms with Gasteiger partial charge in [-0.05, 0) is 79.6 Å². The Morgan fingerprint density at radius 1 is 1.13 bits per heavy atom. The largest absolute Gasteiger partial charge is 0.485 e. The van der Waals surface area contributed by atoms with Crippen LogP contribution in [0.15, 0.2) is 65.8 Å². The number of fused-ring (bicyclic) bond motifs is 5. The number of carbonyl (C=O) groups excluding carboxylic acids is 2. The van der Waals surface area contributed by atoms with E-state index in [4.69, 9.17) is 4.74 Å². The molecule has 0 N–H and O–H groups in total. The summed E-state index contributed by atoms with van der Waals surface area (Å²) in [6.07, 6.45) is 13.3. The average Bonchev–Trinajstić information content (AvgIpc) is 3.10. The molecule has 30 heavy (non-hydrogen) atoms. The normalized spacial score (nSPS) is 36.9. The van der Waals surface area contributed by atoms with Gasteiger partial charge in [0.2, 0.25) is 0 Å². The molecule has 3 nitrogen and oxygen atoms in total. The lowest BCUT2D eigenvalue weighted by Gasteiger charge is -2.56. The van der Waals surface area contributed by atoms with Gasteiger partial charge < -0.3 is 4.74 Å². The van der Waals surface area contributed by atoms with Gasteiger partial charge in [0.05, 0.1) is 0 Å². The quantitative estimate of drug-likeness (QED) is 0.670. The number of ketones is 2. The van der Waals surface area contributed by atoms with Crippen molar-refractivity contribution in [1.29, 1.82) is 0 Å². The monoisotopic (exact) mass is 402 g/mol. The number of hydrogen-bond donors (Lipinski definition) is 0. The fraction of sp³-hybridized carbons (Fsp3) is 0.481. The molecule has 0 unspecified atom stereocenters. The zero-order valence-electron chi connectivity index (χ0n) is 17.9. The van der Waals surface area contributed by atoms with Crippen LogP contribution in [0, 0.1) is 28.6 Å².